The topological polar surface area (TPSA) is 25.2 Å². The fourth-order valence-corrected chi connectivity index (χ4v) is 1.31. The fourth-order valence-electron chi connectivity index (χ4n) is 1.31. The first-order chi connectivity index (χ1) is 6.11. The molecule has 13 heavy (non-hydrogen) atoms. The van der Waals surface area contributed by atoms with Gasteiger partial charge in [0.1, 0.15) is 5.76 Å². The summed E-state index contributed by atoms with van der Waals surface area (Å²) in [6.07, 6.45) is 1.77. The second kappa shape index (κ2) is 4.47. The summed E-state index contributed by atoms with van der Waals surface area (Å²) in [7, 11) is 0. The van der Waals surface area contributed by atoms with E-state index in [-0.39, 0.29) is 0 Å². The Bertz CT molecular complexity index is 250. The summed E-state index contributed by atoms with van der Waals surface area (Å²) in [4.78, 5) is 0. The highest BCUT2D eigenvalue weighted by atomic mass is 16.3. The van der Waals surface area contributed by atoms with Crippen molar-refractivity contribution >= 4 is 0 Å². The molecule has 2 nitrogen and oxygen atoms in total. The molecule has 2 heteroatoms. The quantitative estimate of drug-likeness (QED) is 0.772. The molecule has 1 N–H and O–H groups in total. The predicted molar refractivity (Wildman–Crippen MR) is 54.8 cm³/mol. The molecule has 0 aliphatic carbocycles. The SMILES string of the molecule is CC(C)NCc1occc1C(C)C. The standard InChI is InChI=1S/C11H19NO/c1-8(2)10-5-6-13-11(10)7-12-9(3)4/h5-6,8-9,12H,7H2,1-4H3. The number of furan rings is 1. The summed E-state index contributed by atoms with van der Waals surface area (Å²) in [5.41, 5.74) is 1.31. The van der Waals surface area contributed by atoms with Gasteiger partial charge in [0.05, 0.1) is 12.8 Å². The molecule has 1 heterocycles. The molecule has 0 atom stereocenters. The van der Waals surface area contributed by atoms with Crippen molar-refractivity contribution < 1.29 is 4.42 Å². The van der Waals surface area contributed by atoms with Crippen LogP contribution in [0.3, 0.4) is 0 Å². The number of hydrogen-bond acceptors (Lipinski definition) is 2. The minimum absolute atomic E-state index is 0.505. The first kappa shape index (κ1) is 10.3. The Balaban J connectivity index is 2.60. The van der Waals surface area contributed by atoms with Crippen LogP contribution in [0.2, 0.25) is 0 Å². The lowest BCUT2D eigenvalue weighted by Crippen LogP contribution is -2.22. The van der Waals surface area contributed by atoms with Crippen LogP contribution in [0.4, 0.5) is 0 Å². The highest BCUT2D eigenvalue weighted by Gasteiger charge is 2.09. The van der Waals surface area contributed by atoms with E-state index in [0.29, 0.717) is 12.0 Å². The molecule has 0 bridgehead atoms. The maximum Gasteiger partial charge on any atom is 0.120 e. The van der Waals surface area contributed by atoms with E-state index in [0.717, 1.165) is 12.3 Å². The minimum atomic E-state index is 0.505. The zero-order chi connectivity index (χ0) is 9.84. The average molecular weight is 181 g/mol. The Kier molecular flexibility index (Phi) is 3.55. The fraction of sp³-hybridized carbons (Fsp3) is 0.636. The van der Waals surface area contributed by atoms with Crippen molar-refractivity contribution in [2.24, 2.45) is 0 Å². The van der Waals surface area contributed by atoms with Gasteiger partial charge < -0.3 is 9.73 Å². The van der Waals surface area contributed by atoms with Crippen LogP contribution in [0.25, 0.3) is 0 Å². The Morgan fingerprint density at radius 1 is 1.31 bits per heavy atom. The molecule has 0 fully saturated rings. The van der Waals surface area contributed by atoms with Crippen LogP contribution in [-0.2, 0) is 6.54 Å². The zero-order valence-corrected chi connectivity index (χ0v) is 8.92. The molecule has 0 saturated carbocycles. The first-order valence-corrected chi connectivity index (χ1v) is 4.91. The van der Waals surface area contributed by atoms with Crippen molar-refractivity contribution in [2.75, 3.05) is 0 Å². The first-order valence-electron chi connectivity index (χ1n) is 4.91. The summed E-state index contributed by atoms with van der Waals surface area (Å²) in [5, 5.41) is 3.35. The molecule has 0 radical (unpaired) electrons. The van der Waals surface area contributed by atoms with E-state index in [1.165, 1.54) is 5.56 Å². The van der Waals surface area contributed by atoms with Crippen molar-refractivity contribution in [3.05, 3.63) is 23.7 Å². The summed E-state index contributed by atoms with van der Waals surface area (Å²) >= 11 is 0. The van der Waals surface area contributed by atoms with Gasteiger partial charge in [-0.15, -0.1) is 0 Å². The van der Waals surface area contributed by atoms with Crippen molar-refractivity contribution in [1.29, 1.82) is 0 Å². The van der Waals surface area contributed by atoms with Gasteiger partial charge in [-0.25, -0.2) is 0 Å². The van der Waals surface area contributed by atoms with E-state index in [2.05, 4.69) is 39.1 Å². The van der Waals surface area contributed by atoms with E-state index in [1.807, 2.05) is 0 Å². The van der Waals surface area contributed by atoms with E-state index < -0.39 is 0 Å². The Morgan fingerprint density at radius 2 is 2.00 bits per heavy atom. The van der Waals surface area contributed by atoms with Crippen molar-refractivity contribution in [2.45, 2.75) is 46.2 Å². The van der Waals surface area contributed by atoms with Gasteiger partial charge in [-0.05, 0) is 17.5 Å². The van der Waals surface area contributed by atoms with Gasteiger partial charge in [-0.2, -0.15) is 0 Å². The largest absolute Gasteiger partial charge is 0.468 e. The molecule has 0 aliphatic rings. The van der Waals surface area contributed by atoms with Crippen LogP contribution < -0.4 is 5.32 Å². The van der Waals surface area contributed by atoms with Gasteiger partial charge in [0.25, 0.3) is 0 Å². The smallest absolute Gasteiger partial charge is 0.120 e. The number of nitrogens with one attached hydrogen (secondary N) is 1. The molecule has 1 rings (SSSR count). The van der Waals surface area contributed by atoms with E-state index in [4.69, 9.17) is 4.42 Å². The third-order valence-corrected chi connectivity index (χ3v) is 2.07. The van der Waals surface area contributed by atoms with E-state index >= 15 is 0 Å². The third-order valence-electron chi connectivity index (χ3n) is 2.07. The summed E-state index contributed by atoms with van der Waals surface area (Å²) in [6.45, 7) is 9.47. The van der Waals surface area contributed by atoms with Crippen LogP contribution in [0.1, 0.15) is 44.9 Å². The summed E-state index contributed by atoms with van der Waals surface area (Å²) in [5.74, 6) is 1.62. The van der Waals surface area contributed by atoms with E-state index in [9.17, 15) is 0 Å². The molecular weight excluding hydrogens is 162 g/mol. The van der Waals surface area contributed by atoms with Gasteiger partial charge in [0.2, 0.25) is 0 Å². The Labute approximate surface area is 80.3 Å². The lowest BCUT2D eigenvalue weighted by molar-refractivity contribution is 0.458. The molecule has 0 aromatic carbocycles. The number of hydrogen-bond donors (Lipinski definition) is 1. The van der Waals surface area contributed by atoms with Gasteiger partial charge >= 0.3 is 0 Å². The van der Waals surface area contributed by atoms with E-state index in [1.54, 1.807) is 6.26 Å². The minimum Gasteiger partial charge on any atom is -0.468 e. The molecule has 0 saturated heterocycles. The van der Waals surface area contributed by atoms with Gasteiger partial charge in [-0.3, -0.25) is 0 Å². The second-order valence-electron chi connectivity index (χ2n) is 3.99. The van der Waals surface area contributed by atoms with Gasteiger partial charge in [0, 0.05) is 6.04 Å². The highest BCUT2D eigenvalue weighted by Crippen LogP contribution is 2.20. The third kappa shape index (κ3) is 2.88. The molecule has 0 spiro atoms. The summed E-state index contributed by atoms with van der Waals surface area (Å²) < 4.78 is 5.41. The highest BCUT2D eigenvalue weighted by molar-refractivity contribution is 5.20. The molecule has 1 aromatic rings. The monoisotopic (exact) mass is 181 g/mol. The lowest BCUT2D eigenvalue weighted by Gasteiger charge is -2.09. The lowest BCUT2D eigenvalue weighted by atomic mass is 10.0. The predicted octanol–water partition coefficient (Wildman–Crippen LogP) is 2.90. The van der Waals surface area contributed by atoms with Crippen LogP contribution >= 0.6 is 0 Å². The maximum absolute atomic E-state index is 5.41. The molecule has 0 aliphatic heterocycles. The summed E-state index contributed by atoms with van der Waals surface area (Å²) in [6, 6.07) is 2.56. The van der Waals surface area contributed by atoms with Crippen LogP contribution in [0.5, 0.6) is 0 Å². The maximum atomic E-state index is 5.41. The van der Waals surface area contributed by atoms with Crippen molar-refractivity contribution in [3.8, 4) is 0 Å². The molecule has 1 aromatic heterocycles. The zero-order valence-electron chi connectivity index (χ0n) is 8.92. The Morgan fingerprint density at radius 3 is 2.54 bits per heavy atom. The van der Waals surface area contributed by atoms with Crippen molar-refractivity contribution in [3.63, 3.8) is 0 Å². The molecule has 0 unspecified atom stereocenters. The molecule has 74 valence electrons. The average Bonchev–Trinajstić information content (AvgIpc) is 2.47. The van der Waals surface area contributed by atoms with Gasteiger partial charge in [-0.1, -0.05) is 27.7 Å². The van der Waals surface area contributed by atoms with Crippen LogP contribution in [0.15, 0.2) is 16.7 Å². The van der Waals surface area contributed by atoms with Gasteiger partial charge in [0.15, 0.2) is 0 Å². The van der Waals surface area contributed by atoms with Crippen LogP contribution in [0, 0.1) is 0 Å². The molecular formula is C11H19NO. The van der Waals surface area contributed by atoms with Crippen molar-refractivity contribution in [1.82, 2.24) is 5.32 Å². The molecule has 0 amide bonds. The second-order valence-corrected chi connectivity index (χ2v) is 3.99. The number of rotatable bonds is 4. The normalized spacial score (nSPS) is 11.5. The van der Waals surface area contributed by atoms with Crippen LogP contribution in [-0.4, -0.2) is 6.04 Å². The Hall–Kier alpha value is -0.760.